The molecule has 1 rings (SSSR count). The lowest BCUT2D eigenvalue weighted by atomic mass is 9.84. The van der Waals surface area contributed by atoms with Gasteiger partial charge in [-0.15, -0.1) is 0 Å². The van der Waals surface area contributed by atoms with Crippen LogP contribution < -0.4 is 4.74 Å². The van der Waals surface area contributed by atoms with Crippen LogP contribution >= 0.6 is 11.6 Å². The van der Waals surface area contributed by atoms with Crippen molar-refractivity contribution in [2.75, 3.05) is 7.11 Å². The molecule has 0 unspecified atom stereocenters. The van der Waals surface area contributed by atoms with E-state index in [0.29, 0.717) is 5.02 Å². The molecule has 0 aromatic heterocycles. The maximum Gasteiger partial charge on any atom is 0.137 e. The number of methoxy groups -OCH3 is 1. The molecule has 78 valence electrons. The van der Waals surface area contributed by atoms with Crippen molar-refractivity contribution in [1.82, 2.24) is 0 Å². The number of hydrogen-bond donors (Lipinski definition) is 0. The van der Waals surface area contributed by atoms with Gasteiger partial charge < -0.3 is 4.74 Å². The molecule has 0 atom stereocenters. The van der Waals surface area contributed by atoms with E-state index in [-0.39, 0.29) is 5.41 Å². The number of hydrogen-bond acceptors (Lipinski definition) is 1. The van der Waals surface area contributed by atoms with Gasteiger partial charge in [0.1, 0.15) is 5.75 Å². The van der Waals surface area contributed by atoms with Gasteiger partial charge in [0.15, 0.2) is 0 Å². The second kappa shape index (κ2) is 3.82. The van der Waals surface area contributed by atoms with E-state index >= 15 is 0 Å². The summed E-state index contributed by atoms with van der Waals surface area (Å²) in [6.45, 7) is 8.62. The molecule has 1 aromatic carbocycles. The summed E-state index contributed by atoms with van der Waals surface area (Å²) < 4.78 is 5.20. The first-order valence-electron chi connectivity index (χ1n) is 4.71. The number of ether oxygens (including phenoxy) is 1. The van der Waals surface area contributed by atoms with E-state index in [9.17, 15) is 0 Å². The Morgan fingerprint density at radius 1 is 1.21 bits per heavy atom. The minimum atomic E-state index is 0.127. The van der Waals surface area contributed by atoms with Crippen LogP contribution in [0.1, 0.15) is 31.9 Å². The maximum absolute atomic E-state index is 6.03. The van der Waals surface area contributed by atoms with E-state index in [1.54, 1.807) is 7.11 Å². The molecule has 0 aliphatic carbocycles. The summed E-state index contributed by atoms with van der Waals surface area (Å²) in [7, 11) is 1.64. The highest BCUT2D eigenvalue weighted by molar-refractivity contribution is 6.32. The quantitative estimate of drug-likeness (QED) is 0.685. The number of halogens is 1. The summed E-state index contributed by atoms with van der Waals surface area (Å²) in [5.41, 5.74) is 2.61. The lowest BCUT2D eigenvalue weighted by Crippen LogP contribution is -2.13. The standard InChI is InChI=1S/C12H17ClO/c1-8-6-10(13)11(14-5)7-9(8)12(2,3)4/h6-7H,1-5H3. The second-order valence-electron chi connectivity index (χ2n) is 4.55. The van der Waals surface area contributed by atoms with E-state index in [1.807, 2.05) is 12.1 Å². The molecule has 0 aliphatic heterocycles. The summed E-state index contributed by atoms with van der Waals surface area (Å²) in [4.78, 5) is 0. The highest BCUT2D eigenvalue weighted by Crippen LogP contribution is 2.33. The molecule has 0 aliphatic rings. The fourth-order valence-electron chi connectivity index (χ4n) is 1.62. The van der Waals surface area contributed by atoms with Gasteiger partial charge in [-0.2, -0.15) is 0 Å². The van der Waals surface area contributed by atoms with E-state index < -0.39 is 0 Å². The zero-order valence-corrected chi connectivity index (χ0v) is 10.2. The number of aryl methyl sites for hydroxylation is 1. The van der Waals surface area contributed by atoms with Gasteiger partial charge in [0.05, 0.1) is 12.1 Å². The van der Waals surface area contributed by atoms with Crippen LogP contribution in [0.15, 0.2) is 12.1 Å². The molecule has 0 spiro atoms. The largest absolute Gasteiger partial charge is 0.495 e. The van der Waals surface area contributed by atoms with Crippen LogP contribution in [0.5, 0.6) is 5.75 Å². The fraction of sp³-hybridized carbons (Fsp3) is 0.500. The third-order valence-corrected chi connectivity index (χ3v) is 2.60. The van der Waals surface area contributed by atoms with Crippen LogP contribution in [0.3, 0.4) is 0 Å². The normalized spacial score (nSPS) is 11.6. The van der Waals surface area contributed by atoms with Crippen molar-refractivity contribution in [3.05, 3.63) is 28.3 Å². The number of benzene rings is 1. The molecule has 0 saturated heterocycles. The predicted molar refractivity (Wildman–Crippen MR) is 61.4 cm³/mol. The van der Waals surface area contributed by atoms with Crippen LogP contribution in [-0.2, 0) is 5.41 Å². The van der Waals surface area contributed by atoms with Crippen molar-refractivity contribution in [3.63, 3.8) is 0 Å². The summed E-state index contributed by atoms with van der Waals surface area (Å²) in [6.07, 6.45) is 0. The predicted octanol–water partition coefficient (Wildman–Crippen LogP) is 3.95. The molecule has 1 aromatic rings. The molecule has 0 fully saturated rings. The smallest absolute Gasteiger partial charge is 0.137 e. The molecule has 0 amide bonds. The zero-order valence-electron chi connectivity index (χ0n) is 9.44. The van der Waals surface area contributed by atoms with Crippen LogP contribution in [-0.4, -0.2) is 7.11 Å². The van der Waals surface area contributed by atoms with Gasteiger partial charge in [0, 0.05) is 0 Å². The molecule has 0 bridgehead atoms. The van der Waals surface area contributed by atoms with Gasteiger partial charge >= 0.3 is 0 Å². The molecule has 0 N–H and O–H groups in total. The van der Waals surface area contributed by atoms with Crippen molar-refractivity contribution < 1.29 is 4.74 Å². The van der Waals surface area contributed by atoms with Gasteiger partial charge in [-0.05, 0) is 35.6 Å². The molecule has 1 nitrogen and oxygen atoms in total. The average molecular weight is 213 g/mol. The van der Waals surface area contributed by atoms with Gasteiger partial charge in [-0.1, -0.05) is 32.4 Å². The minimum Gasteiger partial charge on any atom is -0.495 e. The van der Waals surface area contributed by atoms with Crippen LogP contribution in [0.4, 0.5) is 0 Å². The van der Waals surface area contributed by atoms with Crippen LogP contribution in [0.2, 0.25) is 5.02 Å². The second-order valence-corrected chi connectivity index (χ2v) is 4.96. The Hall–Kier alpha value is -0.690. The summed E-state index contributed by atoms with van der Waals surface area (Å²) in [5.74, 6) is 0.752. The summed E-state index contributed by atoms with van der Waals surface area (Å²) >= 11 is 6.03. The lowest BCUT2D eigenvalue weighted by molar-refractivity contribution is 0.412. The SMILES string of the molecule is COc1cc(C(C)(C)C)c(C)cc1Cl. The Morgan fingerprint density at radius 3 is 2.21 bits per heavy atom. The molecule has 2 heteroatoms. The Morgan fingerprint density at radius 2 is 1.79 bits per heavy atom. The Labute approximate surface area is 91.0 Å². The third-order valence-electron chi connectivity index (χ3n) is 2.31. The van der Waals surface area contributed by atoms with Crippen molar-refractivity contribution in [2.45, 2.75) is 33.1 Å². The first kappa shape index (κ1) is 11.4. The van der Waals surface area contributed by atoms with E-state index in [4.69, 9.17) is 16.3 Å². The van der Waals surface area contributed by atoms with Crippen LogP contribution in [0.25, 0.3) is 0 Å². The lowest BCUT2D eigenvalue weighted by Gasteiger charge is -2.22. The van der Waals surface area contributed by atoms with E-state index in [2.05, 4.69) is 27.7 Å². The summed E-state index contributed by atoms with van der Waals surface area (Å²) in [6, 6.07) is 3.98. The van der Waals surface area contributed by atoms with Gasteiger partial charge in [0.25, 0.3) is 0 Å². The minimum absolute atomic E-state index is 0.127. The van der Waals surface area contributed by atoms with E-state index in [0.717, 1.165) is 5.75 Å². The molecular formula is C12H17ClO. The van der Waals surface area contributed by atoms with Gasteiger partial charge in [-0.25, -0.2) is 0 Å². The van der Waals surface area contributed by atoms with Crippen molar-refractivity contribution >= 4 is 11.6 Å². The average Bonchev–Trinajstić information content (AvgIpc) is 2.02. The topological polar surface area (TPSA) is 9.23 Å². The molecule has 0 radical (unpaired) electrons. The van der Waals surface area contributed by atoms with Crippen molar-refractivity contribution in [3.8, 4) is 5.75 Å². The van der Waals surface area contributed by atoms with Gasteiger partial charge in [-0.3, -0.25) is 0 Å². The first-order valence-corrected chi connectivity index (χ1v) is 5.08. The number of rotatable bonds is 1. The highest BCUT2D eigenvalue weighted by Gasteiger charge is 2.18. The maximum atomic E-state index is 6.03. The van der Waals surface area contributed by atoms with Crippen molar-refractivity contribution in [2.24, 2.45) is 0 Å². The fourth-order valence-corrected chi connectivity index (χ4v) is 1.91. The molecule has 0 saturated carbocycles. The molecule has 14 heavy (non-hydrogen) atoms. The zero-order chi connectivity index (χ0) is 10.9. The Balaban J connectivity index is 3.32. The van der Waals surface area contributed by atoms with Crippen LogP contribution in [0, 0.1) is 6.92 Å². The Bertz CT molecular complexity index is 337. The Kier molecular flexibility index (Phi) is 3.10. The highest BCUT2D eigenvalue weighted by atomic mass is 35.5. The van der Waals surface area contributed by atoms with Gasteiger partial charge in [0.2, 0.25) is 0 Å². The molecular weight excluding hydrogens is 196 g/mol. The monoisotopic (exact) mass is 212 g/mol. The molecule has 0 heterocycles. The third kappa shape index (κ3) is 2.21. The summed E-state index contributed by atoms with van der Waals surface area (Å²) in [5, 5.41) is 0.679. The van der Waals surface area contributed by atoms with Crippen molar-refractivity contribution in [1.29, 1.82) is 0 Å². The van der Waals surface area contributed by atoms with E-state index in [1.165, 1.54) is 11.1 Å². The first-order chi connectivity index (χ1) is 6.36.